The van der Waals surface area contributed by atoms with E-state index in [9.17, 15) is 82.2 Å². The zero-order valence-electron chi connectivity index (χ0n) is 33.4. The van der Waals surface area contributed by atoms with Crippen LogP contribution in [-0.4, -0.2) is 83.4 Å². The molecular weight excluding hydrogens is 985 g/mol. The standard InChI is InChI=1S/C38H28N8O18S4/c47-32-17-34(49)30(45-41-26-9-6-22(65(53,54)55)13-36(26)67(59,60)61)15-28(32)43-39-21-4-1-19(2-5-21)11-20-3-8-25(24(12-20)38(51)52)40-44-29-16-31(35(50)18-33(29)48)46-42-27-10-7-23(66(56,57)58)14-37(27)68(62,63)64/h1-10,12-18,47-50H,11H2,(H,51,52)(H,53,54,55)(H,56,57,58)(H,59,60,61)(H,62,63,64). The second kappa shape index (κ2) is 19.1. The number of phenols is 4. The minimum Gasteiger partial charge on any atom is -0.505 e. The third-order valence-corrected chi connectivity index (χ3v) is 12.3. The van der Waals surface area contributed by atoms with Crippen LogP contribution >= 0.6 is 0 Å². The molecule has 0 radical (unpaired) electrons. The van der Waals surface area contributed by atoms with Crippen molar-refractivity contribution in [1.29, 1.82) is 0 Å². The molecular formula is C38H28N8O18S4. The largest absolute Gasteiger partial charge is 0.505 e. The van der Waals surface area contributed by atoms with Crippen molar-refractivity contribution in [1.82, 2.24) is 0 Å². The van der Waals surface area contributed by atoms with E-state index in [4.69, 9.17) is 0 Å². The Morgan fingerprint density at radius 3 is 1.12 bits per heavy atom. The SMILES string of the molecule is O=C(O)c1cc(Cc2ccc(N=Nc3cc(N=Nc4ccc(S(=O)(=O)O)cc4S(=O)(=O)O)c(O)cc3O)cc2)ccc1N=Nc1cc(N=Nc2ccc(S(=O)(=O)O)cc2S(=O)(=O)O)c(O)cc1O. The molecule has 0 fully saturated rings. The van der Waals surface area contributed by atoms with Gasteiger partial charge in [0.15, 0.2) is 0 Å². The van der Waals surface area contributed by atoms with Crippen LogP contribution in [0.15, 0.2) is 164 Å². The molecule has 6 rings (SSSR count). The summed E-state index contributed by atoms with van der Waals surface area (Å²) in [5.74, 6) is -3.99. The first-order chi connectivity index (χ1) is 31.7. The highest BCUT2D eigenvalue weighted by Crippen LogP contribution is 2.42. The van der Waals surface area contributed by atoms with Gasteiger partial charge in [0.1, 0.15) is 72.6 Å². The Labute approximate surface area is 382 Å². The first-order valence-corrected chi connectivity index (χ1v) is 23.9. The summed E-state index contributed by atoms with van der Waals surface area (Å²) in [6, 6.07) is 18.0. The molecule has 352 valence electrons. The predicted octanol–water partition coefficient (Wildman–Crippen LogP) is 8.45. The van der Waals surface area contributed by atoms with E-state index < -0.39 is 106 Å². The zero-order valence-corrected chi connectivity index (χ0v) is 36.7. The lowest BCUT2D eigenvalue weighted by Gasteiger charge is -2.07. The van der Waals surface area contributed by atoms with Crippen molar-refractivity contribution in [3.63, 3.8) is 0 Å². The van der Waals surface area contributed by atoms with E-state index in [0.29, 0.717) is 23.3 Å². The summed E-state index contributed by atoms with van der Waals surface area (Å²) in [6.45, 7) is 0. The van der Waals surface area contributed by atoms with Crippen molar-refractivity contribution in [2.75, 3.05) is 0 Å². The fourth-order valence-corrected chi connectivity index (χ4v) is 8.08. The fourth-order valence-electron chi connectivity index (χ4n) is 5.62. The van der Waals surface area contributed by atoms with E-state index in [2.05, 4.69) is 40.9 Å². The van der Waals surface area contributed by atoms with E-state index in [0.717, 1.165) is 48.5 Å². The summed E-state index contributed by atoms with van der Waals surface area (Å²) < 4.78 is 131. The van der Waals surface area contributed by atoms with Crippen molar-refractivity contribution in [2.45, 2.75) is 26.0 Å². The number of carboxylic acids is 1. The van der Waals surface area contributed by atoms with Crippen molar-refractivity contribution in [2.24, 2.45) is 40.9 Å². The van der Waals surface area contributed by atoms with E-state index in [1.807, 2.05) is 0 Å². The van der Waals surface area contributed by atoms with Gasteiger partial charge in [-0.15, -0.1) is 35.8 Å². The van der Waals surface area contributed by atoms with Gasteiger partial charge in [0.25, 0.3) is 40.5 Å². The minimum atomic E-state index is -5.11. The van der Waals surface area contributed by atoms with Gasteiger partial charge in [0.2, 0.25) is 0 Å². The molecule has 0 saturated carbocycles. The number of aromatic carboxylic acids is 1. The normalized spacial score (nSPS) is 12.8. The van der Waals surface area contributed by atoms with Crippen LogP contribution in [0.1, 0.15) is 21.5 Å². The Morgan fingerprint density at radius 2 is 0.735 bits per heavy atom. The van der Waals surface area contributed by atoms with Crippen LogP contribution in [0.4, 0.5) is 45.5 Å². The van der Waals surface area contributed by atoms with Gasteiger partial charge in [0, 0.05) is 24.3 Å². The van der Waals surface area contributed by atoms with Crippen LogP contribution in [0.5, 0.6) is 23.0 Å². The molecule has 0 amide bonds. The quantitative estimate of drug-likeness (QED) is 0.0344. The summed E-state index contributed by atoms with van der Waals surface area (Å²) >= 11 is 0. The van der Waals surface area contributed by atoms with E-state index in [1.165, 1.54) is 30.3 Å². The number of benzene rings is 6. The smallest absolute Gasteiger partial charge is 0.337 e. The molecule has 6 aromatic carbocycles. The number of carboxylic acid groups (broad SMARTS) is 1. The average molecular weight is 1010 g/mol. The molecule has 0 saturated heterocycles. The highest BCUT2D eigenvalue weighted by molar-refractivity contribution is 7.87. The molecule has 68 heavy (non-hydrogen) atoms. The lowest BCUT2D eigenvalue weighted by Crippen LogP contribution is -2.03. The summed E-state index contributed by atoms with van der Waals surface area (Å²) in [4.78, 5) is 8.39. The number of nitrogens with zero attached hydrogens (tertiary/aromatic N) is 8. The lowest BCUT2D eigenvalue weighted by atomic mass is 10.0. The highest BCUT2D eigenvalue weighted by atomic mass is 32.2. The number of azo groups is 4. The number of hydrogen-bond donors (Lipinski definition) is 9. The Kier molecular flexibility index (Phi) is 13.9. The maximum atomic E-state index is 12.2. The molecule has 0 aliphatic rings. The molecule has 26 nitrogen and oxygen atoms in total. The van der Waals surface area contributed by atoms with Crippen LogP contribution in [0, 0.1) is 0 Å². The number of rotatable bonds is 15. The molecule has 0 aliphatic heterocycles. The minimum absolute atomic E-state index is 0.177. The first kappa shape index (κ1) is 49.5. The topological polar surface area (TPSA) is 435 Å². The summed E-state index contributed by atoms with van der Waals surface area (Å²) in [6.07, 6.45) is 0.186. The van der Waals surface area contributed by atoms with Gasteiger partial charge in [-0.2, -0.15) is 38.8 Å². The first-order valence-electron chi connectivity index (χ1n) is 18.1. The second-order valence-electron chi connectivity index (χ2n) is 13.6. The van der Waals surface area contributed by atoms with Crippen molar-refractivity contribution < 1.29 is 82.2 Å². The molecule has 0 atom stereocenters. The van der Waals surface area contributed by atoms with Crippen molar-refractivity contribution in [3.05, 3.63) is 120 Å². The maximum Gasteiger partial charge on any atom is 0.337 e. The molecule has 0 spiro atoms. The molecule has 9 N–H and O–H groups in total. The highest BCUT2D eigenvalue weighted by Gasteiger charge is 2.23. The molecule has 30 heteroatoms. The van der Waals surface area contributed by atoms with Crippen molar-refractivity contribution in [3.8, 4) is 23.0 Å². The number of carbonyl (C=O) groups is 1. The Morgan fingerprint density at radius 1 is 0.382 bits per heavy atom. The molecule has 0 heterocycles. The number of phenolic OH excluding ortho intramolecular Hbond substituents is 4. The molecule has 0 bridgehead atoms. The van der Waals surface area contributed by atoms with E-state index >= 15 is 0 Å². The molecule has 0 aliphatic carbocycles. The lowest BCUT2D eigenvalue weighted by molar-refractivity contribution is 0.0697. The van der Waals surface area contributed by atoms with E-state index in [-0.39, 0.29) is 40.4 Å². The molecule has 0 unspecified atom stereocenters. The Balaban J connectivity index is 1.17. The number of hydrogen-bond acceptors (Lipinski definition) is 21. The van der Waals surface area contributed by atoms with Gasteiger partial charge in [-0.25, -0.2) is 4.79 Å². The Hall–Kier alpha value is -7.97. The van der Waals surface area contributed by atoms with Crippen molar-refractivity contribution >= 4 is 91.9 Å². The molecule has 6 aromatic rings. The van der Waals surface area contributed by atoms with Crippen LogP contribution in [0.3, 0.4) is 0 Å². The Bertz CT molecular complexity index is 3620. The fraction of sp³-hybridized carbons (Fsp3) is 0.0263. The summed E-state index contributed by atoms with van der Waals surface area (Å²) in [7, 11) is -20.0. The molecule has 0 aromatic heterocycles. The van der Waals surface area contributed by atoms with Gasteiger partial charge in [-0.05, 0) is 78.2 Å². The monoisotopic (exact) mass is 1010 g/mol. The van der Waals surface area contributed by atoms with Gasteiger partial charge >= 0.3 is 5.97 Å². The summed E-state index contributed by atoms with van der Waals surface area (Å²) in [5, 5.41) is 81.7. The zero-order chi connectivity index (χ0) is 49.9. The third-order valence-electron chi connectivity index (χ3n) is 8.86. The van der Waals surface area contributed by atoms with Crippen LogP contribution in [-0.2, 0) is 46.9 Å². The van der Waals surface area contributed by atoms with E-state index in [1.54, 1.807) is 12.1 Å². The van der Waals surface area contributed by atoms with Gasteiger partial charge in [-0.3, -0.25) is 18.2 Å². The van der Waals surface area contributed by atoms with Gasteiger partial charge < -0.3 is 25.5 Å². The van der Waals surface area contributed by atoms with Gasteiger partial charge in [-0.1, -0.05) is 18.2 Å². The van der Waals surface area contributed by atoms with Crippen LogP contribution in [0.2, 0.25) is 0 Å². The summed E-state index contributed by atoms with van der Waals surface area (Å²) in [5.41, 5.74) is -1.73. The second-order valence-corrected chi connectivity index (χ2v) is 19.2. The number of aromatic hydroxyl groups is 4. The average Bonchev–Trinajstić information content (AvgIpc) is 3.24. The third kappa shape index (κ3) is 12.1. The van der Waals surface area contributed by atoms with Crippen LogP contribution in [0.25, 0.3) is 0 Å². The maximum absolute atomic E-state index is 12.2. The van der Waals surface area contributed by atoms with Crippen LogP contribution < -0.4 is 0 Å². The van der Waals surface area contributed by atoms with Gasteiger partial charge in [0.05, 0.1) is 21.0 Å². The predicted molar refractivity (Wildman–Crippen MR) is 231 cm³/mol.